The van der Waals surface area contributed by atoms with Gasteiger partial charge in [0.25, 0.3) is 5.69 Å². The summed E-state index contributed by atoms with van der Waals surface area (Å²) in [5.74, 6) is -0.219. The first kappa shape index (κ1) is 19.0. The summed E-state index contributed by atoms with van der Waals surface area (Å²) >= 11 is 0. The molecule has 1 atom stereocenters. The molecule has 5 heteroatoms. The second-order valence-corrected chi connectivity index (χ2v) is 7.79. The number of anilines is 1. The minimum atomic E-state index is -0.389. The van der Waals surface area contributed by atoms with Crippen molar-refractivity contribution in [3.05, 3.63) is 118 Å². The Labute approximate surface area is 179 Å². The molecule has 0 N–H and O–H groups in total. The van der Waals surface area contributed by atoms with Crippen molar-refractivity contribution in [3.63, 3.8) is 0 Å². The van der Waals surface area contributed by atoms with E-state index in [9.17, 15) is 14.9 Å². The average Bonchev–Trinajstić information content (AvgIpc) is 2.81. The molecule has 0 bridgehead atoms. The minimum Gasteiger partial charge on any atom is -0.308 e. The van der Waals surface area contributed by atoms with E-state index in [1.807, 2.05) is 65.6 Å². The molecule has 4 aromatic carbocycles. The molecule has 1 aliphatic rings. The van der Waals surface area contributed by atoms with Crippen molar-refractivity contribution < 1.29 is 9.72 Å². The first-order chi connectivity index (χ1) is 15.1. The molecule has 1 heterocycles. The normalized spacial score (nSPS) is 15.7. The summed E-state index contributed by atoms with van der Waals surface area (Å²) < 4.78 is 0. The van der Waals surface area contributed by atoms with Gasteiger partial charge in [-0.1, -0.05) is 72.8 Å². The molecule has 4 aromatic rings. The largest absolute Gasteiger partial charge is 0.308 e. The van der Waals surface area contributed by atoms with E-state index in [0.717, 1.165) is 33.2 Å². The van der Waals surface area contributed by atoms with Gasteiger partial charge in [0.15, 0.2) is 0 Å². The van der Waals surface area contributed by atoms with Gasteiger partial charge in [0.1, 0.15) is 0 Å². The number of carbonyl (C=O) groups is 1. The molecular formula is C26H20N2O3. The highest BCUT2D eigenvalue weighted by atomic mass is 16.6. The zero-order chi connectivity index (χ0) is 21.4. The standard InChI is InChI=1S/C26H20N2O3/c29-25-16-23(20-10-6-11-21(15-20)28(30)31)26-22-12-5-4-9-19(22)13-14-24(26)27(25)17-18-7-2-1-3-8-18/h1-15,23H,16-17H2. The van der Waals surface area contributed by atoms with Gasteiger partial charge in [-0.2, -0.15) is 0 Å². The zero-order valence-corrected chi connectivity index (χ0v) is 16.8. The van der Waals surface area contributed by atoms with Crippen LogP contribution in [0, 0.1) is 10.1 Å². The number of carbonyl (C=O) groups excluding carboxylic acids is 1. The van der Waals surface area contributed by atoms with Crippen LogP contribution in [0.3, 0.4) is 0 Å². The predicted octanol–water partition coefficient (Wildman–Crippen LogP) is 5.82. The zero-order valence-electron chi connectivity index (χ0n) is 16.8. The number of amides is 1. The molecule has 1 unspecified atom stereocenters. The second-order valence-electron chi connectivity index (χ2n) is 7.79. The Hall–Kier alpha value is -3.99. The molecule has 0 fully saturated rings. The monoisotopic (exact) mass is 408 g/mol. The number of nitrogens with zero attached hydrogens (tertiary/aromatic N) is 2. The maximum atomic E-state index is 13.3. The minimum absolute atomic E-state index is 0.0168. The summed E-state index contributed by atoms with van der Waals surface area (Å²) in [6.07, 6.45) is 0.273. The summed E-state index contributed by atoms with van der Waals surface area (Å²) in [4.78, 5) is 26.1. The number of nitro benzene ring substituents is 1. The van der Waals surface area contributed by atoms with Gasteiger partial charge < -0.3 is 4.90 Å². The van der Waals surface area contributed by atoms with E-state index in [0.29, 0.717) is 6.54 Å². The number of hydrogen-bond acceptors (Lipinski definition) is 3. The lowest BCUT2D eigenvalue weighted by atomic mass is 9.81. The first-order valence-electron chi connectivity index (χ1n) is 10.2. The molecule has 152 valence electrons. The average molecular weight is 408 g/mol. The molecule has 5 rings (SSSR count). The molecule has 5 nitrogen and oxygen atoms in total. The fourth-order valence-electron chi connectivity index (χ4n) is 4.49. The van der Waals surface area contributed by atoms with Crippen molar-refractivity contribution in [2.24, 2.45) is 0 Å². The highest BCUT2D eigenvalue weighted by Gasteiger charge is 2.34. The molecule has 0 saturated carbocycles. The summed E-state index contributed by atoms with van der Waals surface area (Å²) in [6.45, 7) is 0.493. The Balaban J connectivity index is 1.69. The van der Waals surface area contributed by atoms with Crippen LogP contribution in [-0.2, 0) is 11.3 Å². The number of benzene rings is 4. The summed E-state index contributed by atoms with van der Waals surface area (Å²) in [6, 6.07) is 28.7. The number of hydrogen-bond donors (Lipinski definition) is 0. The Morgan fingerprint density at radius 1 is 0.903 bits per heavy atom. The smallest absolute Gasteiger partial charge is 0.269 e. The van der Waals surface area contributed by atoms with E-state index in [4.69, 9.17) is 0 Å². The third-order valence-electron chi connectivity index (χ3n) is 5.93. The number of non-ortho nitro benzene ring substituents is 1. The van der Waals surface area contributed by atoms with Gasteiger partial charge in [-0.3, -0.25) is 14.9 Å². The molecule has 1 amide bonds. The van der Waals surface area contributed by atoms with Crippen molar-refractivity contribution in [1.29, 1.82) is 0 Å². The van der Waals surface area contributed by atoms with E-state index >= 15 is 0 Å². The second kappa shape index (κ2) is 7.69. The van der Waals surface area contributed by atoms with Gasteiger partial charge in [-0.25, -0.2) is 0 Å². The maximum Gasteiger partial charge on any atom is 0.269 e. The topological polar surface area (TPSA) is 63.4 Å². The van der Waals surface area contributed by atoms with Crippen molar-refractivity contribution >= 4 is 28.1 Å². The quantitative estimate of drug-likeness (QED) is 0.316. The summed E-state index contributed by atoms with van der Waals surface area (Å²) in [5, 5.41) is 13.5. The summed E-state index contributed by atoms with van der Waals surface area (Å²) in [7, 11) is 0. The van der Waals surface area contributed by atoms with Crippen LogP contribution in [0.15, 0.2) is 91.0 Å². The number of nitro groups is 1. The van der Waals surface area contributed by atoms with Gasteiger partial charge in [-0.15, -0.1) is 0 Å². The van der Waals surface area contributed by atoms with Crippen LogP contribution in [0.2, 0.25) is 0 Å². The van der Waals surface area contributed by atoms with Crippen LogP contribution in [0.4, 0.5) is 11.4 Å². The molecule has 1 aliphatic heterocycles. The van der Waals surface area contributed by atoms with Crippen LogP contribution in [-0.4, -0.2) is 10.8 Å². The van der Waals surface area contributed by atoms with Crippen LogP contribution in [0.1, 0.15) is 29.0 Å². The molecular weight excluding hydrogens is 388 g/mol. The first-order valence-corrected chi connectivity index (χ1v) is 10.2. The highest BCUT2D eigenvalue weighted by molar-refractivity contribution is 6.03. The lowest BCUT2D eigenvalue weighted by molar-refractivity contribution is -0.384. The van der Waals surface area contributed by atoms with Crippen molar-refractivity contribution in [3.8, 4) is 0 Å². The number of fused-ring (bicyclic) bond motifs is 3. The molecule has 31 heavy (non-hydrogen) atoms. The van der Waals surface area contributed by atoms with Crippen LogP contribution >= 0.6 is 0 Å². The SMILES string of the molecule is O=C1CC(c2cccc([N+](=O)[O-])c2)c2c(ccc3ccccc23)N1Cc1ccccc1. The molecule has 0 radical (unpaired) electrons. The van der Waals surface area contributed by atoms with Crippen LogP contribution in [0.5, 0.6) is 0 Å². The molecule has 0 aromatic heterocycles. The van der Waals surface area contributed by atoms with Gasteiger partial charge in [0.05, 0.1) is 11.5 Å². The van der Waals surface area contributed by atoms with Gasteiger partial charge in [0.2, 0.25) is 5.91 Å². The third-order valence-corrected chi connectivity index (χ3v) is 5.93. The Kier molecular flexibility index (Phi) is 4.71. The fraction of sp³-hybridized carbons (Fsp3) is 0.115. The van der Waals surface area contributed by atoms with Crippen molar-refractivity contribution in [2.75, 3.05) is 4.90 Å². The lowest BCUT2D eigenvalue weighted by Crippen LogP contribution is -2.36. The Morgan fingerprint density at radius 2 is 1.68 bits per heavy atom. The van der Waals surface area contributed by atoms with E-state index in [2.05, 4.69) is 12.1 Å². The Bertz CT molecular complexity index is 1300. The van der Waals surface area contributed by atoms with Gasteiger partial charge >= 0.3 is 0 Å². The molecule has 0 saturated heterocycles. The van der Waals surface area contributed by atoms with Crippen LogP contribution in [0.25, 0.3) is 10.8 Å². The predicted molar refractivity (Wildman–Crippen MR) is 121 cm³/mol. The van der Waals surface area contributed by atoms with E-state index in [-0.39, 0.29) is 28.9 Å². The molecule has 0 spiro atoms. The van der Waals surface area contributed by atoms with E-state index in [1.54, 1.807) is 12.1 Å². The van der Waals surface area contributed by atoms with Crippen LogP contribution < -0.4 is 4.90 Å². The van der Waals surface area contributed by atoms with E-state index < -0.39 is 0 Å². The summed E-state index contributed by atoms with van der Waals surface area (Å²) in [5.41, 5.74) is 3.81. The lowest BCUT2D eigenvalue weighted by Gasteiger charge is -2.35. The number of rotatable bonds is 4. The third kappa shape index (κ3) is 3.44. The fourth-order valence-corrected chi connectivity index (χ4v) is 4.49. The Morgan fingerprint density at radius 3 is 2.48 bits per heavy atom. The molecule has 0 aliphatic carbocycles. The van der Waals surface area contributed by atoms with Crippen molar-refractivity contribution in [2.45, 2.75) is 18.9 Å². The van der Waals surface area contributed by atoms with Crippen molar-refractivity contribution in [1.82, 2.24) is 0 Å². The maximum absolute atomic E-state index is 13.3. The van der Waals surface area contributed by atoms with Gasteiger partial charge in [0, 0.05) is 30.2 Å². The van der Waals surface area contributed by atoms with E-state index in [1.165, 1.54) is 6.07 Å². The van der Waals surface area contributed by atoms with Gasteiger partial charge in [-0.05, 0) is 33.5 Å². The highest BCUT2D eigenvalue weighted by Crippen LogP contribution is 2.44.